The van der Waals surface area contributed by atoms with Crippen molar-refractivity contribution in [1.82, 2.24) is 19.5 Å². The number of nitrogens with zero attached hydrogens (tertiary/aromatic N) is 4. The fourth-order valence-corrected chi connectivity index (χ4v) is 6.93. The van der Waals surface area contributed by atoms with E-state index in [-0.39, 0.29) is 26.0 Å². The zero-order chi connectivity index (χ0) is 31.9. The molecule has 5 heterocycles. The maximum atomic E-state index is 11.9. The van der Waals surface area contributed by atoms with Crippen molar-refractivity contribution < 1.29 is 28.3 Å². The van der Waals surface area contributed by atoms with Crippen LogP contribution >= 0.6 is 11.6 Å². The van der Waals surface area contributed by atoms with Crippen molar-refractivity contribution in [3.63, 3.8) is 0 Å². The maximum Gasteiger partial charge on any atom is 0.301 e. The quantitative estimate of drug-likeness (QED) is 0.132. The van der Waals surface area contributed by atoms with E-state index in [1.807, 2.05) is 41.0 Å². The van der Waals surface area contributed by atoms with E-state index in [2.05, 4.69) is 35.2 Å². The molecular formula is C31H38ClN5O6SSi. The molecular weight excluding hydrogens is 634 g/mol. The predicted molar refractivity (Wildman–Crippen MR) is 180 cm³/mol. The maximum absolute atomic E-state index is 11.9. The minimum Gasteiger partial charge on any atom is -0.456 e. The predicted octanol–water partition coefficient (Wildman–Crippen LogP) is 4.71. The number of nitrogens with one attached hydrogen (secondary N) is 1. The lowest BCUT2D eigenvalue weighted by molar-refractivity contribution is 0.00336. The molecule has 0 bridgehead atoms. The highest BCUT2D eigenvalue weighted by molar-refractivity contribution is 8.00. The monoisotopic (exact) mass is 671 g/mol. The minimum atomic E-state index is -2.39. The van der Waals surface area contributed by atoms with Crippen molar-refractivity contribution in [1.29, 1.82) is 0 Å². The molecule has 1 aromatic carbocycles. The second-order valence-electron chi connectivity index (χ2n) is 12.8. The normalized spacial score (nSPS) is 22.8. The molecule has 5 atom stereocenters. The summed E-state index contributed by atoms with van der Waals surface area (Å²) >= 11 is 6.77. The van der Waals surface area contributed by atoms with Crippen LogP contribution in [0.25, 0.3) is 33.7 Å². The molecule has 14 heteroatoms. The summed E-state index contributed by atoms with van der Waals surface area (Å²) in [5, 5.41) is 10.6. The van der Waals surface area contributed by atoms with Crippen LogP contribution in [0.1, 0.15) is 0 Å². The molecule has 0 aliphatic carbocycles. The van der Waals surface area contributed by atoms with E-state index >= 15 is 0 Å². The lowest BCUT2D eigenvalue weighted by Crippen LogP contribution is -2.35. The number of ether oxygens (including phenoxy) is 4. The van der Waals surface area contributed by atoms with Gasteiger partial charge in [0.1, 0.15) is 30.6 Å². The van der Waals surface area contributed by atoms with Crippen LogP contribution in [-0.2, 0) is 30.6 Å². The van der Waals surface area contributed by atoms with E-state index in [0.29, 0.717) is 40.2 Å². The molecule has 11 nitrogen and oxygen atoms in total. The molecule has 2 N–H and O–H groups in total. The Hall–Kier alpha value is -3.04. The molecule has 1 unspecified atom stereocenters. The number of imidazole rings is 1. The third-order valence-corrected chi connectivity index (χ3v) is 10.3. The van der Waals surface area contributed by atoms with E-state index in [0.717, 1.165) is 22.9 Å². The average molecular weight is 672 g/mol. The van der Waals surface area contributed by atoms with Crippen molar-refractivity contribution >= 4 is 52.1 Å². The number of aliphatic hydroxyl groups is 1. The number of hydrogen-bond donors (Lipinski definition) is 2. The van der Waals surface area contributed by atoms with Crippen molar-refractivity contribution in [3.8, 4) is 28.5 Å². The van der Waals surface area contributed by atoms with Gasteiger partial charge in [0.05, 0.1) is 41.5 Å². The van der Waals surface area contributed by atoms with Crippen LogP contribution in [0.4, 0.5) is 5.69 Å². The van der Waals surface area contributed by atoms with E-state index in [9.17, 15) is 9.32 Å². The van der Waals surface area contributed by atoms with Crippen LogP contribution in [0.15, 0.2) is 48.7 Å². The van der Waals surface area contributed by atoms with Crippen molar-refractivity contribution in [2.75, 3.05) is 30.8 Å². The van der Waals surface area contributed by atoms with Crippen molar-refractivity contribution in [2.45, 2.75) is 56.8 Å². The molecule has 3 aromatic heterocycles. The molecule has 0 radical (unpaired) electrons. The van der Waals surface area contributed by atoms with Gasteiger partial charge in [0.2, 0.25) is 0 Å². The Bertz CT molecular complexity index is 1780. The Balaban J connectivity index is 1.28. The topological polar surface area (TPSA) is 130 Å². The molecule has 0 saturated carbocycles. The summed E-state index contributed by atoms with van der Waals surface area (Å²) < 4.78 is 40.6. The fraction of sp³-hybridized carbons (Fsp3) is 0.419. The summed E-state index contributed by atoms with van der Waals surface area (Å²) in [6.45, 7) is 8.22. The summed E-state index contributed by atoms with van der Waals surface area (Å²) in [6.07, 6.45) is 1.25. The van der Waals surface area contributed by atoms with Crippen LogP contribution in [0.3, 0.4) is 0 Å². The highest BCUT2D eigenvalue weighted by Gasteiger charge is 2.49. The largest absolute Gasteiger partial charge is 0.456 e. The fourth-order valence-electron chi connectivity index (χ4n) is 5.30. The van der Waals surface area contributed by atoms with Gasteiger partial charge in [-0.1, -0.05) is 55.5 Å². The van der Waals surface area contributed by atoms with Crippen molar-refractivity contribution in [2.24, 2.45) is 0 Å². The summed E-state index contributed by atoms with van der Waals surface area (Å²) in [5.74, 6) is 3.62. The van der Waals surface area contributed by atoms with Gasteiger partial charge in [-0.15, -0.1) is 0 Å². The van der Waals surface area contributed by atoms with Gasteiger partial charge in [-0.25, -0.2) is 9.19 Å². The van der Waals surface area contributed by atoms with E-state index in [1.165, 1.54) is 6.26 Å². The number of halogens is 1. The van der Waals surface area contributed by atoms with Crippen LogP contribution in [0, 0.1) is 0 Å². The molecule has 45 heavy (non-hydrogen) atoms. The molecule has 4 aromatic rings. The molecule has 2 saturated heterocycles. The van der Waals surface area contributed by atoms with Gasteiger partial charge >= 0.3 is 6.01 Å². The van der Waals surface area contributed by atoms with E-state index < -0.39 is 36.1 Å². The molecule has 240 valence electrons. The number of benzene rings is 1. The van der Waals surface area contributed by atoms with Gasteiger partial charge in [-0.2, -0.15) is 4.98 Å². The number of pyridine rings is 2. The number of aliphatic hydroxyl groups excluding tert-OH is 1. The summed E-state index contributed by atoms with van der Waals surface area (Å²) in [5.41, 5.74) is 4.87. The molecule has 2 fully saturated rings. The zero-order valence-electron chi connectivity index (χ0n) is 25.7. The van der Waals surface area contributed by atoms with Gasteiger partial charge in [0, 0.05) is 41.8 Å². The Morgan fingerprint density at radius 3 is 2.53 bits per heavy atom. The van der Waals surface area contributed by atoms with E-state index in [4.69, 9.17) is 40.5 Å². The standard InChI is InChI=1S/C31H38ClN5O6SSi/c1-44(2,39)36-21-10-11-23(33-15-21)19-6-8-20(9-7-19)27-22(32)14-24-30(35-27)37(18-40-12-13-45(3,4)5)31(34-24)43-26-17-42-28-25(38)16-41-29(26)28/h6-11,14-15,25-26,28-29,38H,1,12-13,16-18H2,2-5H3,(H,36,39)/t25-,26-,28-,29-,44?/m1/s1. The lowest BCUT2D eigenvalue weighted by Gasteiger charge is -2.19. The van der Waals surface area contributed by atoms with Gasteiger partial charge in [0.25, 0.3) is 0 Å². The van der Waals surface area contributed by atoms with Crippen LogP contribution in [0.2, 0.25) is 30.7 Å². The number of aromatic nitrogens is 4. The Morgan fingerprint density at radius 1 is 1.11 bits per heavy atom. The summed E-state index contributed by atoms with van der Waals surface area (Å²) in [6, 6.07) is 14.6. The highest BCUT2D eigenvalue weighted by Crippen LogP contribution is 2.34. The molecule has 2 aliphatic rings. The summed E-state index contributed by atoms with van der Waals surface area (Å²) in [4.78, 5) is 14.2. The third-order valence-electron chi connectivity index (χ3n) is 7.65. The number of hydrogen-bond acceptors (Lipinski definition) is 9. The molecule has 2 aliphatic heterocycles. The molecule has 0 amide bonds. The van der Waals surface area contributed by atoms with E-state index in [1.54, 1.807) is 12.3 Å². The molecule has 6 rings (SSSR count). The van der Waals surface area contributed by atoms with Crippen LogP contribution in [-0.4, -0.2) is 93.3 Å². The Kier molecular flexibility index (Phi) is 8.96. The number of rotatable bonds is 11. The SMILES string of the molecule is C=S(C)(=O)Nc1ccc(-c2ccc(-c3nc4c(cc3Cl)nc(O[C@@H]3CO[C@H]5[C@@H]3OC[C@H]5O)n4COCC[Si](C)(C)C)cc2)nc1. The number of anilines is 1. The van der Waals surface area contributed by atoms with Gasteiger partial charge in [0.15, 0.2) is 11.8 Å². The second kappa shape index (κ2) is 12.6. The molecule has 0 spiro atoms. The third kappa shape index (κ3) is 7.35. The average Bonchev–Trinajstić information content (AvgIpc) is 3.65. The first-order valence-corrected chi connectivity index (χ1v) is 21.0. The van der Waals surface area contributed by atoms with Crippen LogP contribution < -0.4 is 9.46 Å². The first-order chi connectivity index (χ1) is 21.3. The van der Waals surface area contributed by atoms with Gasteiger partial charge in [-0.05, 0) is 30.1 Å². The van der Waals surface area contributed by atoms with Crippen molar-refractivity contribution in [3.05, 3.63) is 53.7 Å². The highest BCUT2D eigenvalue weighted by atomic mass is 35.5. The summed E-state index contributed by atoms with van der Waals surface area (Å²) in [7, 11) is -3.68. The van der Waals surface area contributed by atoms with Gasteiger partial charge < -0.3 is 28.8 Å². The first-order valence-electron chi connectivity index (χ1n) is 14.7. The Labute approximate surface area is 269 Å². The zero-order valence-corrected chi connectivity index (χ0v) is 28.3. The lowest BCUT2D eigenvalue weighted by atomic mass is 10.1. The smallest absolute Gasteiger partial charge is 0.301 e. The second-order valence-corrected chi connectivity index (χ2v) is 21.0. The van der Waals surface area contributed by atoms with Crippen LogP contribution in [0.5, 0.6) is 6.01 Å². The van der Waals surface area contributed by atoms with Gasteiger partial charge in [-0.3, -0.25) is 9.55 Å². The first kappa shape index (κ1) is 31.9. The minimum absolute atomic E-state index is 0.200. The Morgan fingerprint density at radius 2 is 1.84 bits per heavy atom. The number of fused-ring (bicyclic) bond motifs is 2.